The molecule has 272 valence electrons. The molecule has 7 heteroatoms. The summed E-state index contributed by atoms with van der Waals surface area (Å²) in [5.41, 5.74) is 14.8. The SMILES string of the molecule is Cc1ccc2c3c(sc2c1)N(c1ccccc1)B(c1ccc(B2N(c4ccccc4)C4=C(N2c2ccccc2)C(C)(C)c2ccccc24)cc1)N3c1ccccc1. The lowest BCUT2D eigenvalue weighted by Crippen LogP contribution is -2.57. The van der Waals surface area contributed by atoms with Gasteiger partial charge in [0.25, 0.3) is 0 Å². The molecule has 0 spiro atoms. The summed E-state index contributed by atoms with van der Waals surface area (Å²) in [5, 5.41) is 2.55. The van der Waals surface area contributed by atoms with Crippen LogP contribution in [0.4, 0.5) is 33.4 Å². The second-order valence-corrected chi connectivity index (χ2v) is 16.9. The molecule has 4 nitrogen and oxygen atoms in total. The van der Waals surface area contributed by atoms with E-state index in [0.717, 1.165) is 0 Å². The predicted octanol–water partition coefficient (Wildman–Crippen LogP) is 11.3. The van der Waals surface area contributed by atoms with Crippen LogP contribution in [0.3, 0.4) is 0 Å². The molecule has 0 saturated heterocycles. The number of aryl methyl sites for hydroxylation is 1. The minimum atomic E-state index is -0.210. The van der Waals surface area contributed by atoms with Gasteiger partial charge >= 0.3 is 14.0 Å². The smallest absolute Gasteiger partial charge is 0.363 e. The molecule has 57 heavy (non-hydrogen) atoms. The van der Waals surface area contributed by atoms with Crippen LogP contribution in [0.15, 0.2) is 194 Å². The molecule has 0 fully saturated rings. The van der Waals surface area contributed by atoms with Gasteiger partial charge in [0.05, 0.1) is 11.4 Å². The first kappa shape index (κ1) is 33.9. The van der Waals surface area contributed by atoms with Crippen molar-refractivity contribution in [1.82, 2.24) is 0 Å². The Morgan fingerprint density at radius 3 is 1.53 bits per heavy atom. The molecule has 0 atom stereocenters. The monoisotopic (exact) mass is 750 g/mol. The normalized spacial score (nSPS) is 15.5. The first-order valence-electron chi connectivity index (χ1n) is 19.8. The van der Waals surface area contributed by atoms with E-state index in [2.05, 4.69) is 228 Å². The molecule has 1 aromatic heterocycles. The molecular weight excluding hydrogens is 710 g/mol. The first-order chi connectivity index (χ1) is 28.0. The second kappa shape index (κ2) is 13.1. The van der Waals surface area contributed by atoms with E-state index in [-0.39, 0.29) is 19.4 Å². The van der Waals surface area contributed by atoms with Gasteiger partial charge in [-0.25, -0.2) is 0 Å². The van der Waals surface area contributed by atoms with Gasteiger partial charge in [0.15, 0.2) is 0 Å². The lowest BCUT2D eigenvalue weighted by Gasteiger charge is -2.38. The van der Waals surface area contributed by atoms with Gasteiger partial charge in [0.1, 0.15) is 5.00 Å². The van der Waals surface area contributed by atoms with E-state index in [4.69, 9.17) is 0 Å². The molecule has 7 aromatic carbocycles. The van der Waals surface area contributed by atoms with Crippen molar-refractivity contribution in [3.63, 3.8) is 0 Å². The molecule has 3 heterocycles. The van der Waals surface area contributed by atoms with E-state index >= 15 is 0 Å². The topological polar surface area (TPSA) is 13.0 Å². The quantitative estimate of drug-likeness (QED) is 0.157. The van der Waals surface area contributed by atoms with Crippen LogP contribution in [-0.2, 0) is 5.41 Å². The molecule has 0 radical (unpaired) electrons. The zero-order valence-corrected chi connectivity index (χ0v) is 33.1. The summed E-state index contributed by atoms with van der Waals surface area (Å²) < 4.78 is 1.31. The second-order valence-electron chi connectivity index (χ2n) is 15.9. The zero-order chi connectivity index (χ0) is 38.3. The highest BCUT2D eigenvalue weighted by Gasteiger charge is 2.54. The van der Waals surface area contributed by atoms with Crippen molar-refractivity contribution in [3.8, 4) is 0 Å². The summed E-state index contributed by atoms with van der Waals surface area (Å²) in [6.45, 7) is 6.76. The van der Waals surface area contributed by atoms with Crippen LogP contribution >= 0.6 is 11.3 Å². The van der Waals surface area contributed by atoms with Crippen LogP contribution in [0.2, 0.25) is 0 Å². The average molecular weight is 751 g/mol. The van der Waals surface area contributed by atoms with Crippen LogP contribution in [0, 0.1) is 6.92 Å². The molecule has 0 N–H and O–H groups in total. The van der Waals surface area contributed by atoms with Crippen molar-refractivity contribution >= 4 is 85.4 Å². The first-order valence-corrected chi connectivity index (χ1v) is 20.7. The van der Waals surface area contributed by atoms with Gasteiger partial charge in [-0.05, 0) is 83.6 Å². The van der Waals surface area contributed by atoms with Gasteiger partial charge < -0.3 is 19.2 Å². The molecular formula is C50H40B2N4S. The fourth-order valence-corrected chi connectivity index (χ4v) is 10.9. The minimum Gasteiger partial charge on any atom is -0.363 e. The van der Waals surface area contributed by atoms with Crippen LogP contribution in [-0.4, -0.2) is 14.0 Å². The number of rotatable bonds is 6. The molecule has 0 unspecified atom stereocenters. The van der Waals surface area contributed by atoms with Crippen LogP contribution < -0.4 is 30.2 Å². The Hall–Kier alpha value is -6.43. The number of fused-ring (bicyclic) bond motifs is 5. The number of thiophene rings is 1. The van der Waals surface area contributed by atoms with Crippen molar-refractivity contribution in [2.75, 3.05) is 19.2 Å². The van der Waals surface area contributed by atoms with E-state index in [1.54, 1.807) is 0 Å². The van der Waals surface area contributed by atoms with Gasteiger partial charge in [0, 0.05) is 49.5 Å². The highest BCUT2D eigenvalue weighted by molar-refractivity contribution is 7.25. The summed E-state index contributed by atoms with van der Waals surface area (Å²) >= 11 is 1.89. The highest BCUT2D eigenvalue weighted by atomic mass is 32.1. The zero-order valence-electron chi connectivity index (χ0n) is 32.2. The summed E-state index contributed by atoms with van der Waals surface area (Å²) in [6.07, 6.45) is 0. The molecule has 0 bridgehead atoms. The molecule has 11 rings (SSSR count). The highest BCUT2D eigenvalue weighted by Crippen LogP contribution is 2.56. The Morgan fingerprint density at radius 1 is 0.474 bits per heavy atom. The van der Waals surface area contributed by atoms with Gasteiger partial charge in [0.2, 0.25) is 0 Å². The molecule has 3 aliphatic rings. The summed E-state index contributed by atoms with van der Waals surface area (Å²) in [7, 11) is 0. The van der Waals surface area contributed by atoms with E-state index in [9.17, 15) is 0 Å². The van der Waals surface area contributed by atoms with Crippen molar-refractivity contribution in [2.24, 2.45) is 0 Å². The third-order valence-electron chi connectivity index (χ3n) is 12.1. The van der Waals surface area contributed by atoms with E-state index < -0.39 is 0 Å². The maximum Gasteiger partial charge on any atom is 0.421 e. The number of anilines is 6. The lowest BCUT2D eigenvalue weighted by atomic mass is 9.60. The van der Waals surface area contributed by atoms with Crippen molar-refractivity contribution in [3.05, 3.63) is 210 Å². The summed E-state index contributed by atoms with van der Waals surface area (Å²) in [5.74, 6) is 0. The van der Waals surface area contributed by atoms with E-state index in [1.165, 1.54) is 82.5 Å². The standard InChI is InChI=1S/C50H40B2N4S/c1-35-28-33-43-45(34-35)57-49-47(43)54(39-20-10-5-11-21-39)52(56(49)41-24-14-7-15-25-41)37-31-29-36(30-32-37)51-53(38-18-8-4-9-19-38)46-42-26-16-17-27-44(42)50(2,3)48(46)55(51)40-22-12-6-13-23-40/h4-34H,1-3H3. The maximum absolute atomic E-state index is 2.60. The minimum absolute atomic E-state index is 0.0937. The fraction of sp³-hybridized carbons (Fsp3) is 0.0800. The third-order valence-corrected chi connectivity index (χ3v) is 13.2. The molecule has 2 aliphatic heterocycles. The van der Waals surface area contributed by atoms with Gasteiger partial charge in [-0.1, -0.05) is 147 Å². The summed E-state index contributed by atoms with van der Waals surface area (Å²) in [6, 6.07) is 69.1. The number of hydrogen-bond donors (Lipinski definition) is 0. The Kier molecular flexibility index (Phi) is 7.77. The maximum atomic E-state index is 2.60. The number of allylic oxidation sites excluding steroid dienone is 1. The van der Waals surface area contributed by atoms with Crippen LogP contribution in [0.1, 0.15) is 30.5 Å². The Balaban J connectivity index is 1.10. The van der Waals surface area contributed by atoms with Gasteiger partial charge in [-0.3, -0.25) is 0 Å². The number of nitrogens with zero attached hydrogens (tertiary/aromatic N) is 4. The average Bonchev–Trinajstić information content (AvgIpc) is 3.97. The third kappa shape index (κ3) is 5.15. The molecule has 8 aromatic rings. The largest absolute Gasteiger partial charge is 0.421 e. The van der Waals surface area contributed by atoms with E-state index in [1.807, 2.05) is 11.3 Å². The predicted molar refractivity (Wildman–Crippen MR) is 245 cm³/mol. The number of para-hydroxylation sites is 4. The Morgan fingerprint density at radius 2 is 0.947 bits per heavy atom. The summed E-state index contributed by atoms with van der Waals surface area (Å²) in [4.78, 5) is 10.3. The van der Waals surface area contributed by atoms with Crippen LogP contribution in [0.25, 0.3) is 15.8 Å². The van der Waals surface area contributed by atoms with Gasteiger partial charge in [-0.15, -0.1) is 11.3 Å². The Labute approximate surface area is 339 Å². The van der Waals surface area contributed by atoms with Crippen molar-refractivity contribution < 1.29 is 0 Å². The lowest BCUT2D eigenvalue weighted by molar-refractivity contribution is 0.632. The van der Waals surface area contributed by atoms with Crippen molar-refractivity contribution in [2.45, 2.75) is 26.2 Å². The molecule has 1 aliphatic carbocycles. The van der Waals surface area contributed by atoms with E-state index in [0.29, 0.717) is 0 Å². The van der Waals surface area contributed by atoms with Crippen LogP contribution in [0.5, 0.6) is 0 Å². The van der Waals surface area contributed by atoms with Gasteiger partial charge in [-0.2, -0.15) is 0 Å². The number of hydrogen-bond acceptors (Lipinski definition) is 5. The molecule has 0 saturated carbocycles. The number of benzene rings is 7. The Bertz CT molecular complexity index is 2810. The molecule has 0 amide bonds. The fourth-order valence-electron chi connectivity index (χ4n) is 9.59. The van der Waals surface area contributed by atoms with Crippen molar-refractivity contribution in [1.29, 1.82) is 0 Å².